The van der Waals surface area contributed by atoms with Crippen LogP contribution in [0.4, 0.5) is 0 Å². The van der Waals surface area contributed by atoms with Gasteiger partial charge in [-0.25, -0.2) is 4.79 Å². The van der Waals surface area contributed by atoms with Crippen LogP contribution in [-0.2, 0) is 0 Å². The first-order chi connectivity index (χ1) is 10.8. The summed E-state index contributed by atoms with van der Waals surface area (Å²) in [5.74, 6) is 0.628. The lowest BCUT2D eigenvalue weighted by Gasteiger charge is -2.41. The van der Waals surface area contributed by atoms with E-state index >= 15 is 0 Å². The van der Waals surface area contributed by atoms with Gasteiger partial charge in [0.2, 0.25) is 5.75 Å². The topological polar surface area (TPSA) is 98.4 Å². The van der Waals surface area contributed by atoms with Gasteiger partial charge >= 0.3 is 5.63 Å². The smallest absolute Gasteiger partial charge is 0.336 e. The van der Waals surface area contributed by atoms with Gasteiger partial charge in [-0.05, 0) is 19.9 Å². The normalized spacial score (nSPS) is 22.3. The van der Waals surface area contributed by atoms with E-state index in [1.165, 1.54) is 26.4 Å². The van der Waals surface area contributed by atoms with Gasteiger partial charge in [0.15, 0.2) is 11.3 Å². The van der Waals surface area contributed by atoms with E-state index in [-0.39, 0.29) is 28.4 Å². The van der Waals surface area contributed by atoms with E-state index in [2.05, 4.69) is 0 Å². The van der Waals surface area contributed by atoms with Crippen LogP contribution >= 0.6 is 0 Å². The van der Waals surface area contributed by atoms with Crippen LogP contribution in [0.5, 0.6) is 17.2 Å². The Morgan fingerprint density at radius 1 is 1.13 bits per heavy atom. The third-order valence-electron chi connectivity index (χ3n) is 4.06. The highest BCUT2D eigenvalue weighted by Crippen LogP contribution is 2.53. The van der Waals surface area contributed by atoms with Crippen molar-refractivity contribution in [2.45, 2.75) is 31.7 Å². The molecule has 1 aromatic heterocycles. The van der Waals surface area contributed by atoms with Gasteiger partial charge in [0, 0.05) is 6.07 Å². The molecule has 0 saturated carbocycles. The second kappa shape index (κ2) is 5.14. The monoisotopic (exact) mass is 322 g/mol. The highest BCUT2D eigenvalue weighted by molar-refractivity contribution is 5.93. The Bertz CT molecular complexity index is 821. The van der Waals surface area contributed by atoms with Crippen molar-refractivity contribution in [1.82, 2.24) is 0 Å². The number of methoxy groups -OCH3 is 2. The van der Waals surface area contributed by atoms with E-state index in [1.54, 1.807) is 13.8 Å². The molecule has 0 amide bonds. The molecule has 2 heterocycles. The minimum atomic E-state index is -1.24. The average Bonchev–Trinajstić information content (AvgIpc) is 2.50. The van der Waals surface area contributed by atoms with Crippen molar-refractivity contribution in [3.63, 3.8) is 0 Å². The van der Waals surface area contributed by atoms with Crippen molar-refractivity contribution < 1.29 is 28.8 Å². The minimum Gasteiger partial charge on any atom is -0.495 e. The van der Waals surface area contributed by atoms with E-state index in [0.717, 1.165) is 0 Å². The van der Waals surface area contributed by atoms with Crippen molar-refractivity contribution in [3.05, 3.63) is 28.1 Å². The van der Waals surface area contributed by atoms with E-state index < -0.39 is 23.4 Å². The lowest BCUT2D eigenvalue weighted by atomic mass is 9.87. The van der Waals surface area contributed by atoms with Crippen LogP contribution < -0.4 is 19.8 Å². The molecule has 7 nitrogen and oxygen atoms in total. The molecule has 2 unspecified atom stereocenters. The molecule has 23 heavy (non-hydrogen) atoms. The first kappa shape index (κ1) is 15.6. The summed E-state index contributed by atoms with van der Waals surface area (Å²) in [5, 5.41) is 21.3. The summed E-state index contributed by atoms with van der Waals surface area (Å²) in [7, 11) is 2.83. The molecule has 0 bridgehead atoms. The SMILES string of the molecule is COc1c2c(c(OC)c3oc(=O)ccc13)OC(C)(C)C(O)C2O. The van der Waals surface area contributed by atoms with Gasteiger partial charge in [-0.15, -0.1) is 0 Å². The van der Waals surface area contributed by atoms with E-state index in [4.69, 9.17) is 18.6 Å². The summed E-state index contributed by atoms with van der Waals surface area (Å²) >= 11 is 0. The Balaban J connectivity index is 2.47. The number of rotatable bonds is 2. The molecule has 1 aromatic carbocycles. The van der Waals surface area contributed by atoms with Gasteiger partial charge in [-0.3, -0.25) is 0 Å². The van der Waals surface area contributed by atoms with Crippen LogP contribution in [0.15, 0.2) is 21.3 Å². The minimum absolute atomic E-state index is 0.162. The van der Waals surface area contributed by atoms with Crippen LogP contribution in [0.3, 0.4) is 0 Å². The van der Waals surface area contributed by atoms with Gasteiger partial charge in [0.25, 0.3) is 0 Å². The Morgan fingerprint density at radius 2 is 1.78 bits per heavy atom. The molecule has 0 saturated heterocycles. The van der Waals surface area contributed by atoms with Crippen LogP contribution in [0.1, 0.15) is 25.5 Å². The van der Waals surface area contributed by atoms with Crippen molar-refractivity contribution in [3.8, 4) is 17.2 Å². The standard InChI is InChI=1S/C16H18O7/c1-16(2)15(19)10(18)9-11(20-3)7-5-6-8(17)22-12(7)14(21-4)13(9)23-16/h5-6,10,15,18-19H,1-4H3. The maximum atomic E-state index is 11.6. The summed E-state index contributed by atoms with van der Waals surface area (Å²) in [6, 6.07) is 2.76. The van der Waals surface area contributed by atoms with Gasteiger partial charge in [0.1, 0.15) is 23.6 Å². The maximum absolute atomic E-state index is 11.6. The summed E-state index contributed by atoms with van der Waals surface area (Å²) in [6.07, 6.45) is -2.41. The van der Waals surface area contributed by atoms with Gasteiger partial charge in [-0.1, -0.05) is 0 Å². The van der Waals surface area contributed by atoms with Crippen LogP contribution in [0.2, 0.25) is 0 Å². The fourth-order valence-corrected chi connectivity index (χ4v) is 2.87. The first-order valence-corrected chi connectivity index (χ1v) is 7.08. The third kappa shape index (κ3) is 2.15. The highest BCUT2D eigenvalue weighted by atomic mass is 16.6. The van der Waals surface area contributed by atoms with Crippen molar-refractivity contribution in [2.75, 3.05) is 14.2 Å². The molecular formula is C16H18O7. The third-order valence-corrected chi connectivity index (χ3v) is 4.06. The molecule has 0 aliphatic carbocycles. The zero-order chi connectivity index (χ0) is 16.9. The Hall–Kier alpha value is -2.25. The molecule has 1 aliphatic heterocycles. The number of ether oxygens (including phenoxy) is 3. The highest BCUT2D eigenvalue weighted by Gasteiger charge is 2.46. The second-order valence-corrected chi connectivity index (χ2v) is 5.90. The molecule has 2 atom stereocenters. The van der Waals surface area contributed by atoms with E-state index in [0.29, 0.717) is 5.39 Å². The van der Waals surface area contributed by atoms with Crippen molar-refractivity contribution >= 4 is 11.0 Å². The number of hydrogen-bond donors (Lipinski definition) is 2. The summed E-state index contributed by atoms with van der Waals surface area (Å²) in [6.45, 7) is 3.28. The van der Waals surface area contributed by atoms with Gasteiger partial charge in [0.05, 0.1) is 25.2 Å². The molecule has 124 valence electrons. The molecule has 0 fully saturated rings. The number of aliphatic hydroxyl groups excluding tert-OH is 2. The van der Waals surface area contributed by atoms with E-state index in [9.17, 15) is 15.0 Å². The molecular weight excluding hydrogens is 304 g/mol. The zero-order valence-electron chi connectivity index (χ0n) is 13.2. The predicted molar refractivity (Wildman–Crippen MR) is 81.3 cm³/mol. The lowest BCUT2D eigenvalue weighted by Crippen LogP contribution is -2.49. The molecule has 3 rings (SSSR count). The first-order valence-electron chi connectivity index (χ1n) is 7.08. The maximum Gasteiger partial charge on any atom is 0.336 e. The van der Waals surface area contributed by atoms with Gasteiger partial charge in [-0.2, -0.15) is 0 Å². The number of hydrogen-bond acceptors (Lipinski definition) is 7. The van der Waals surface area contributed by atoms with E-state index in [1.807, 2.05) is 0 Å². The predicted octanol–water partition coefficient (Wildman–Crippen LogP) is 1.38. The molecule has 1 aliphatic rings. The van der Waals surface area contributed by atoms with Crippen LogP contribution in [0.25, 0.3) is 11.0 Å². The van der Waals surface area contributed by atoms with Crippen molar-refractivity contribution in [2.24, 2.45) is 0 Å². The Labute approximate surface area is 132 Å². The van der Waals surface area contributed by atoms with Crippen LogP contribution in [-0.4, -0.2) is 36.1 Å². The lowest BCUT2D eigenvalue weighted by molar-refractivity contribution is -0.113. The zero-order valence-corrected chi connectivity index (χ0v) is 13.2. The average molecular weight is 322 g/mol. The quantitative estimate of drug-likeness (QED) is 0.806. The number of benzene rings is 1. The molecule has 2 N–H and O–H groups in total. The fourth-order valence-electron chi connectivity index (χ4n) is 2.87. The molecule has 0 radical (unpaired) electrons. The molecule has 0 spiro atoms. The number of aliphatic hydroxyl groups is 2. The van der Waals surface area contributed by atoms with Gasteiger partial charge < -0.3 is 28.8 Å². The fraction of sp³-hybridized carbons (Fsp3) is 0.438. The molecule has 7 heteroatoms. The summed E-state index contributed by atoms with van der Waals surface area (Å²) in [5.41, 5.74) is -1.19. The largest absolute Gasteiger partial charge is 0.495 e. The summed E-state index contributed by atoms with van der Waals surface area (Å²) in [4.78, 5) is 11.6. The molecule has 2 aromatic rings. The Kier molecular flexibility index (Phi) is 3.50. The van der Waals surface area contributed by atoms with Crippen LogP contribution in [0, 0.1) is 0 Å². The Morgan fingerprint density at radius 3 is 2.39 bits per heavy atom. The number of fused-ring (bicyclic) bond motifs is 2. The van der Waals surface area contributed by atoms with Crippen molar-refractivity contribution in [1.29, 1.82) is 0 Å². The summed E-state index contributed by atoms with van der Waals surface area (Å²) < 4.78 is 21.8. The second-order valence-electron chi connectivity index (χ2n) is 5.90.